The summed E-state index contributed by atoms with van der Waals surface area (Å²) in [6, 6.07) is 6.76. The molecular formula is C19H26N4O2. The summed E-state index contributed by atoms with van der Waals surface area (Å²) in [5.41, 5.74) is 1.97. The standard InChI is InChI=1S/C19H26N4O2/c1-14-20-18-4-3-16(13-17(18)19(24)22(14)11-12-25-2)23-10-9-21-7-5-15(23)6-8-21/h3-4,13,15H,5-12H2,1-2H3. The van der Waals surface area contributed by atoms with Crippen LogP contribution in [0.4, 0.5) is 5.69 Å². The summed E-state index contributed by atoms with van der Waals surface area (Å²) >= 11 is 0. The average Bonchev–Trinajstić information content (AvgIpc) is 2.95. The number of aryl methyl sites for hydroxylation is 1. The maximum Gasteiger partial charge on any atom is 0.261 e. The first-order valence-electron chi connectivity index (χ1n) is 9.16. The Kier molecular flexibility index (Phi) is 4.48. The van der Waals surface area contributed by atoms with Crippen molar-refractivity contribution in [2.75, 3.05) is 44.8 Å². The van der Waals surface area contributed by atoms with Gasteiger partial charge < -0.3 is 14.5 Å². The molecule has 2 bridgehead atoms. The lowest BCUT2D eigenvalue weighted by molar-refractivity contribution is 0.185. The number of piperidine rings is 1. The highest BCUT2D eigenvalue weighted by molar-refractivity contribution is 5.82. The third-order valence-electron chi connectivity index (χ3n) is 5.63. The van der Waals surface area contributed by atoms with Crippen molar-refractivity contribution in [3.63, 3.8) is 0 Å². The topological polar surface area (TPSA) is 50.6 Å². The number of hydrogen-bond acceptors (Lipinski definition) is 5. The normalized spacial score (nSPS) is 23.2. The third-order valence-corrected chi connectivity index (χ3v) is 5.63. The van der Waals surface area contributed by atoms with E-state index in [-0.39, 0.29) is 5.56 Å². The lowest BCUT2D eigenvalue weighted by Crippen LogP contribution is -2.38. The first-order valence-corrected chi connectivity index (χ1v) is 9.16. The fourth-order valence-electron chi connectivity index (χ4n) is 4.17. The van der Waals surface area contributed by atoms with Crippen molar-refractivity contribution in [2.45, 2.75) is 32.4 Å². The molecule has 134 valence electrons. The number of benzene rings is 1. The molecule has 0 amide bonds. The highest BCUT2D eigenvalue weighted by atomic mass is 16.5. The van der Waals surface area contributed by atoms with Gasteiger partial charge in [0.05, 0.1) is 24.1 Å². The van der Waals surface area contributed by atoms with Gasteiger partial charge >= 0.3 is 0 Å². The lowest BCUT2D eigenvalue weighted by Gasteiger charge is -2.33. The number of nitrogens with zero attached hydrogens (tertiary/aromatic N) is 4. The van der Waals surface area contributed by atoms with Crippen LogP contribution < -0.4 is 10.5 Å². The minimum atomic E-state index is 0.0317. The van der Waals surface area contributed by atoms with E-state index >= 15 is 0 Å². The second-order valence-corrected chi connectivity index (χ2v) is 7.08. The van der Waals surface area contributed by atoms with Gasteiger partial charge in [-0.3, -0.25) is 9.36 Å². The van der Waals surface area contributed by atoms with Crippen LogP contribution in [0.25, 0.3) is 10.9 Å². The van der Waals surface area contributed by atoms with Crippen LogP contribution in [-0.2, 0) is 11.3 Å². The first-order chi connectivity index (χ1) is 12.2. The van der Waals surface area contributed by atoms with Gasteiger partial charge in [-0.05, 0) is 38.0 Å². The Balaban J connectivity index is 1.75. The van der Waals surface area contributed by atoms with Gasteiger partial charge in [-0.15, -0.1) is 0 Å². The molecule has 3 aliphatic heterocycles. The summed E-state index contributed by atoms with van der Waals surface area (Å²) in [6.45, 7) is 7.46. The first kappa shape index (κ1) is 16.5. The molecular weight excluding hydrogens is 316 g/mol. The van der Waals surface area contributed by atoms with Gasteiger partial charge in [0.15, 0.2) is 0 Å². The Morgan fingerprint density at radius 2 is 2.00 bits per heavy atom. The van der Waals surface area contributed by atoms with Crippen LogP contribution in [0.1, 0.15) is 18.7 Å². The smallest absolute Gasteiger partial charge is 0.261 e. The molecule has 3 aliphatic rings. The molecule has 6 heteroatoms. The molecule has 0 radical (unpaired) electrons. The number of fused-ring (bicyclic) bond motifs is 5. The van der Waals surface area contributed by atoms with E-state index in [0.29, 0.717) is 24.6 Å². The molecule has 3 fully saturated rings. The van der Waals surface area contributed by atoms with Gasteiger partial charge in [0.25, 0.3) is 5.56 Å². The largest absolute Gasteiger partial charge is 0.383 e. The van der Waals surface area contributed by atoms with Gasteiger partial charge in [0, 0.05) is 45.0 Å². The predicted molar refractivity (Wildman–Crippen MR) is 99.4 cm³/mol. The molecule has 0 saturated carbocycles. The van der Waals surface area contributed by atoms with Crippen molar-refractivity contribution < 1.29 is 4.74 Å². The van der Waals surface area contributed by atoms with Crippen LogP contribution >= 0.6 is 0 Å². The van der Waals surface area contributed by atoms with E-state index in [1.807, 2.05) is 19.1 Å². The molecule has 5 rings (SSSR count). The summed E-state index contributed by atoms with van der Waals surface area (Å²) in [7, 11) is 1.65. The Labute approximate surface area is 148 Å². The molecule has 0 atom stereocenters. The van der Waals surface area contributed by atoms with Crippen molar-refractivity contribution in [1.29, 1.82) is 0 Å². The molecule has 0 spiro atoms. The second kappa shape index (κ2) is 6.77. The van der Waals surface area contributed by atoms with Gasteiger partial charge in [-0.25, -0.2) is 4.98 Å². The highest BCUT2D eigenvalue weighted by Gasteiger charge is 2.29. The molecule has 0 N–H and O–H groups in total. The monoisotopic (exact) mass is 342 g/mol. The number of ether oxygens (including phenoxy) is 1. The van der Waals surface area contributed by atoms with Crippen LogP contribution in [0.15, 0.2) is 23.0 Å². The van der Waals surface area contributed by atoms with Crippen LogP contribution in [-0.4, -0.2) is 60.4 Å². The number of rotatable bonds is 4. The molecule has 2 aromatic rings. The number of hydrogen-bond donors (Lipinski definition) is 0. The molecule has 6 nitrogen and oxygen atoms in total. The fraction of sp³-hybridized carbons (Fsp3) is 0.579. The Bertz CT molecular complexity index is 824. The van der Waals surface area contributed by atoms with E-state index in [1.54, 1.807) is 11.7 Å². The third kappa shape index (κ3) is 3.04. The van der Waals surface area contributed by atoms with Crippen LogP contribution in [0, 0.1) is 6.92 Å². The molecule has 0 aliphatic carbocycles. The van der Waals surface area contributed by atoms with Crippen LogP contribution in [0.3, 0.4) is 0 Å². The minimum absolute atomic E-state index is 0.0317. The minimum Gasteiger partial charge on any atom is -0.383 e. The summed E-state index contributed by atoms with van der Waals surface area (Å²) in [5, 5.41) is 0.707. The van der Waals surface area contributed by atoms with Crippen molar-refractivity contribution in [3.8, 4) is 0 Å². The summed E-state index contributed by atoms with van der Waals surface area (Å²) in [6.07, 6.45) is 2.42. The molecule has 0 unspecified atom stereocenters. The Morgan fingerprint density at radius 1 is 1.20 bits per heavy atom. The zero-order valence-corrected chi connectivity index (χ0v) is 15.1. The summed E-state index contributed by atoms with van der Waals surface area (Å²) in [5.74, 6) is 0.739. The lowest BCUT2D eigenvalue weighted by atomic mass is 10.0. The van der Waals surface area contributed by atoms with Crippen LogP contribution in [0.5, 0.6) is 0 Å². The number of anilines is 1. The molecule has 25 heavy (non-hydrogen) atoms. The van der Waals surface area contributed by atoms with E-state index in [0.717, 1.165) is 30.1 Å². The van der Waals surface area contributed by atoms with E-state index in [4.69, 9.17) is 4.74 Å². The maximum absolute atomic E-state index is 13.0. The van der Waals surface area contributed by atoms with Gasteiger partial charge in [0.2, 0.25) is 0 Å². The zero-order valence-electron chi connectivity index (χ0n) is 15.1. The summed E-state index contributed by atoms with van der Waals surface area (Å²) < 4.78 is 6.85. The highest BCUT2D eigenvalue weighted by Crippen LogP contribution is 2.28. The van der Waals surface area contributed by atoms with Crippen molar-refractivity contribution >= 4 is 16.6 Å². The van der Waals surface area contributed by atoms with E-state index < -0.39 is 0 Å². The molecule has 1 aromatic heterocycles. The molecule has 4 heterocycles. The van der Waals surface area contributed by atoms with Gasteiger partial charge in [-0.2, -0.15) is 0 Å². The maximum atomic E-state index is 13.0. The van der Waals surface area contributed by atoms with Gasteiger partial charge in [-0.1, -0.05) is 0 Å². The van der Waals surface area contributed by atoms with E-state index in [9.17, 15) is 4.79 Å². The van der Waals surface area contributed by atoms with Crippen molar-refractivity contribution in [2.24, 2.45) is 0 Å². The SMILES string of the molecule is COCCn1c(C)nc2ccc(N3CCN4CCC3CC4)cc2c1=O. The van der Waals surface area contributed by atoms with Gasteiger partial charge in [0.1, 0.15) is 5.82 Å². The molecule has 3 saturated heterocycles. The van der Waals surface area contributed by atoms with Crippen LogP contribution in [0.2, 0.25) is 0 Å². The molecule has 1 aromatic carbocycles. The fourth-order valence-corrected chi connectivity index (χ4v) is 4.17. The zero-order chi connectivity index (χ0) is 17.4. The average molecular weight is 342 g/mol. The Hall–Kier alpha value is -1.92. The van der Waals surface area contributed by atoms with E-state index in [1.165, 1.54) is 25.9 Å². The quantitative estimate of drug-likeness (QED) is 0.845. The predicted octanol–water partition coefficient (Wildman–Crippen LogP) is 1.64. The van der Waals surface area contributed by atoms with E-state index in [2.05, 4.69) is 20.9 Å². The van der Waals surface area contributed by atoms with Crippen molar-refractivity contribution in [1.82, 2.24) is 14.5 Å². The summed E-state index contributed by atoms with van der Waals surface area (Å²) in [4.78, 5) is 22.6. The second-order valence-electron chi connectivity index (χ2n) is 7.08. The van der Waals surface area contributed by atoms with Crippen molar-refractivity contribution in [3.05, 3.63) is 34.4 Å². The Morgan fingerprint density at radius 3 is 2.76 bits per heavy atom. The number of aromatic nitrogens is 2. The number of methoxy groups -OCH3 is 1.